The van der Waals surface area contributed by atoms with Crippen molar-refractivity contribution in [1.82, 2.24) is 10.3 Å². The summed E-state index contributed by atoms with van der Waals surface area (Å²) in [5.74, 6) is -1.16. The number of aliphatic carboxylic acids is 1. The molecular formula is C17H16N4O5S2. The van der Waals surface area contributed by atoms with Crippen molar-refractivity contribution >= 4 is 54.4 Å². The average molecular weight is 420 g/mol. The second kappa shape index (κ2) is 7.82. The molecule has 1 heterocycles. The molecule has 11 heteroatoms. The van der Waals surface area contributed by atoms with E-state index in [1.807, 2.05) is 6.92 Å². The number of carboxylic acids is 1. The number of carbonyl (C=O) groups excluding carboxylic acids is 1. The number of hydrogen-bond acceptors (Lipinski definition) is 6. The third-order valence-corrected chi connectivity index (χ3v) is 6.03. The Bertz CT molecular complexity index is 1140. The SMILES string of the molecule is Cc1ccc(S(=O)(=O)Nc2nc3cc(NC(=O)NCC(=O)O)ccc3s2)cc1. The van der Waals surface area contributed by atoms with E-state index in [4.69, 9.17) is 5.11 Å². The molecule has 0 radical (unpaired) electrons. The van der Waals surface area contributed by atoms with E-state index in [0.29, 0.717) is 11.2 Å². The summed E-state index contributed by atoms with van der Waals surface area (Å²) in [7, 11) is -3.76. The maximum absolute atomic E-state index is 12.5. The average Bonchev–Trinajstić information content (AvgIpc) is 3.01. The lowest BCUT2D eigenvalue weighted by molar-refractivity contribution is -0.135. The highest BCUT2D eigenvalue weighted by atomic mass is 32.2. The van der Waals surface area contributed by atoms with E-state index in [2.05, 4.69) is 20.3 Å². The summed E-state index contributed by atoms with van der Waals surface area (Å²) in [6, 6.07) is 10.6. The molecule has 28 heavy (non-hydrogen) atoms. The van der Waals surface area contributed by atoms with Gasteiger partial charge in [0.1, 0.15) is 6.54 Å². The molecule has 9 nitrogen and oxygen atoms in total. The van der Waals surface area contributed by atoms with Crippen molar-refractivity contribution in [1.29, 1.82) is 0 Å². The number of amides is 2. The first kappa shape index (κ1) is 19.6. The van der Waals surface area contributed by atoms with Crippen molar-refractivity contribution in [3.63, 3.8) is 0 Å². The first-order valence-corrected chi connectivity index (χ1v) is 10.3. The van der Waals surface area contributed by atoms with Gasteiger partial charge in [-0.2, -0.15) is 0 Å². The Balaban J connectivity index is 1.76. The van der Waals surface area contributed by atoms with Crippen LogP contribution in [0.3, 0.4) is 0 Å². The van der Waals surface area contributed by atoms with Crippen LogP contribution < -0.4 is 15.4 Å². The summed E-state index contributed by atoms with van der Waals surface area (Å²) in [5.41, 5.74) is 1.84. The number of hydrogen-bond donors (Lipinski definition) is 4. The van der Waals surface area contributed by atoms with Crippen molar-refractivity contribution in [2.45, 2.75) is 11.8 Å². The van der Waals surface area contributed by atoms with E-state index < -0.39 is 28.6 Å². The van der Waals surface area contributed by atoms with E-state index in [9.17, 15) is 18.0 Å². The molecule has 2 amide bonds. The summed E-state index contributed by atoms with van der Waals surface area (Å²) in [6.07, 6.45) is 0. The first-order valence-electron chi connectivity index (χ1n) is 8.00. The van der Waals surface area contributed by atoms with Gasteiger partial charge in [-0.15, -0.1) is 0 Å². The third-order valence-electron chi connectivity index (χ3n) is 3.60. The normalized spacial score (nSPS) is 11.2. The number of carboxylic acid groups (broad SMARTS) is 1. The van der Waals surface area contributed by atoms with Gasteiger partial charge in [-0.3, -0.25) is 9.52 Å². The van der Waals surface area contributed by atoms with Crippen LogP contribution in [0.1, 0.15) is 5.56 Å². The predicted octanol–water partition coefficient (Wildman–Crippen LogP) is 2.61. The summed E-state index contributed by atoms with van der Waals surface area (Å²) >= 11 is 1.16. The zero-order valence-corrected chi connectivity index (χ0v) is 16.2. The number of sulfonamides is 1. The number of urea groups is 1. The van der Waals surface area contributed by atoms with Gasteiger partial charge in [0.25, 0.3) is 10.0 Å². The van der Waals surface area contributed by atoms with Gasteiger partial charge >= 0.3 is 12.0 Å². The summed E-state index contributed by atoms with van der Waals surface area (Å²) in [4.78, 5) is 26.5. The Morgan fingerprint density at radius 1 is 1.14 bits per heavy atom. The fourth-order valence-electron chi connectivity index (χ4n) is 2.27. The van der Waals surface area contributed by atoms with Crippen molar-refractivity contribution in [2.75, 3.05) is 16.6 Å². The Morgan fingerprint density at radius 3 is 2.54 bits per heavy atom. The molecule has 1 aromatic heterocycles. The van der Waals surface area contributed by atoms with Gasteiger partial charge in [0.2, 0.25) is 0 Å². The van der Waals surface area contributed by atoms with Gasteiger partial charge in [0.05, 0.1) is 15.1 Å². The van der Waals surface area contributed by atoms with E-state index in [1.54, 1.807) is 30.3 Å². The molecule has 0 fully saturated rings. The summed E-state index contributed by atoms with van der Waals surface area (Å²) < 4.78 is 28.1. The van der Waals surface area contributed by atoms with Crippen LogP contribution in [-0.4, -0.2) is 37.1 Å². The van der Waals surface area contributed by atoms with Crippen LogP contribution >= 0.6 is 11.3 Å². The molecule has 4 N–H and O–H groups in total. The van der Waals surface area contributed by atoms with Crippen molar-refractivity contribution < 1.29 is 23.1 Å². The molecule has 0 saturated carbocycles. The Kier molecular flexibility index (Phi) is 5.47. The summed E-state index contributed by atoms with van der Waals surface area (Å²) in [5, 5.41) is 13.4. The molecule has 3 aromatic rings. The number of benzene rings is 2. The lowest BCUT2D eigenvalue weighted by Gasteiger charge is -2.05. The number of nitrogens with zero attached hydrogens (tertiary/aromatic N) is 1. The van der Waals surface area contributed by atoms with Crippen LogP contribution in [0.5, 0.6) is 0 Å². The van der Waals surface area contributed by atoms with E-state index >= 15 is 0 Å². The van der Waals surface area contributed by atoms with Crippen LogP contribution in [-0.2, 0) is 14.8 Å². The van der Waals surface area contributed by atoms with Crippen molar-refractivity contribution in [2.24, 2.45) is 0 Å². The standard InChI is InChI=1S/C17H16N4O5S2/c1-10-2-5-12(6-3-10)28(25,26)21-17-20-13-8-11(4-7-14(13)27-17)19-16(24)18-9-15(22)23/h2-8H,9H2,1H3,(H,20,21)(H,22,23)(H2,18,19,24). The number of aryl methyl sites for hydroxylation is 1. The molecule has 3 rings (SSSR count). The minimum atomic E-state index is -3.76. The minimum Gasteiger partial charge on any atom is -0.480 e. The maximum Gasteiger partial charge on any atom is 0.323 e. The van der Waals surface area contributed by atoms with Crippen molar-refractivity contribution in [3.05, 3.63) is 48.0 Å². The number of nitrogens with one attached hydrogen (secondary N) is 3. The van der Waals surface area contributed by atoms with E-state index in [-0.39, 0.29) is 10.0 Å². The molecule has 0 saturated heterocycles. The van der Waals surface area contributed by atoms with Crippen LogP contribution in [0, 0.1) is 6.92 Å². The molecule has 2 aromatic carbocycles. The van der Waals surface area contributed by atoms with Gasteiger partial charge in [0, 0.05) is 5.69 Å². The highest BCUT2D eigenvalue weighted by molar-refractivity contribution is 7.93. The zero-order valence-electron chi connectivity index (χ0n) is 14.6. The third kappa shape index (κ3) is 4.75. The Morgan fingerprint density at radius 2 is 1.86 bits per heavy atom. The van der Waals surface area contributed by atoms with Gasteiger partial charge < -0.3 is 15.7 Å². The lowest BCUT2D eigenvalue weighted by Crippen LogP contribution is -2.33. The monoisotopic (exact) mass is 420 g/mol. The molecule has 0 unspecified atom stereocenters. The maximum atomic E-state index is 12.5. The smallest absolute Gasteiger partial charge is 0.323 e. The number of rotatable bonds is 6. The highest BCUT2D eigenvalue weighted by Gasteiger charge is 2.16. The van der Waals surface area contributed by atoms with Gasteiger partial charge in [-0.05, 0) is 37.3 Å². The second-order valence-corrected chi connectivity index (χ2v) is 8.53. The fourth-order valence-corrected chi connectivity index (χ4v) is 4.35. The lowest BCUT2D eigenvalue weighted by atomic mass is 10.2. The molecule has 0 spiro atoms. The number of carbonyl (C=O) groups is 2. The van der Waals surface area contributed by atoms with Crippen LogP contribution in [0.4, 0.5) is 15.6 Å². The largest absolute Gasteiger partial charge is 0.480 e. The Labute approximate surface area is 164 Å². The van der Waals surface area contributed by atoms with Crippen molar-refractivity contribution in [3.8, 4) is 0 Å². The van der Waals surface area contributed by atoms with Gasteiger partial charge in [0.15, 0.2) is 5.13 Å². The minimum absolute atomic E-state index is 0.134. The predicted molar refractivity (Wildman–Crippen MR) is 106 cm³/mol. The van der Waals surface area contributed by atoms with E-state index in [1.165, 1.54) is 12.1 Å². The molecule has 146 valence electrons. The number of thiazole rings is 1. The molecular weight excluding hydrogens is 404 g/mol. The van der Waals surface area contributed by atoms with Gasteiger partial charge in [-0.25, -0.2) is 18.2 Å². The zero-order chi connectivity index (χ0) is 20.3. The van der Waals surface area contributed by atoms with E-state index in [0.717, 1.165) is 21.6 Å². The fraction of sp³-hybridized carbons (Fsp3) is 0.118. The first-order chi connectivity index (χ1) is 13.2. The molecule has 0 bridgehead atoms. The van der Waals surface area contributed by atoms with Crippen LogP contribution in [0.2, 0.25) is 0 Å². The quantitative estimate of drug-likeness (QED) is 0.484. The topological polar surface area (TPSA) is 137 Å². The second-order valence-electron chi connectivity index (χ2n) is 5.82. The number of fused-ring (bicyclic) bond motifs is 1. The summed E-state index contributed by atoms with van der Waals surface area (Å²) in [6.45, 7) is 1.36. The number of aromatic nitrogens is 1. The number of anilines is 2. The Hall–Kier alpha value is -3.18. The molecule has 0 atom stereocenters. The molecule has 0 aliphatic heterocycles. The van der Waals surface area contributed by atoms with Crippen LogP contribution in [0.15, 0.2) is 47.4 Å². The molecule has 0 aliphatic rings. The van der Waals surface area contributed by atoms with Crippen LogP contribution in [0.25, 0.3) is 10.2 Å². The molecule has 0 aliphatic carbocycles. The van der Waals surface area contributed by atoms with Gasteiger partial charge in [-0.1, -0.05) is 29.0 Å². The highest BCUT2D eigenvalue weighted by Crippen LogP contribution is 2.29.